The molecule has 0 bridgehead atoms. The van der Waals surface area contributed by atoms with Crippen LogP contribution in [-0.2, 0) is 10.2 Å². The molecule has 2 rings (SSSR count). The van der Waals surface area contributed by atoms with Crippen molar-refractivity contribution in [3.63, 3.8) is 0 Å². The second-order valence-electron chi connectivity index (χ2n) is 5.14. The zero-order valence-corrected chi connectivity index (χ0v) is 13.4. The molecule has 1 aromatic carbocycles. The molecule has 1 fully saturated rings. The number of hydrogen-bond donors (Lipinski definition) is 2. The molecular formula is C14H20BrClN2O. The Morgan fingerprint density at radius 2 is 2.00 bits per heavy atom. The third kappa shape index (κ3) is 3.71. The Balaban J connectivity index is 0.00000180. The van der Waals surface area contributed by atoms with Crippen LogP contribution in [0.2, 0.25) is 0 Å². The van der Waals surface area contributed by atoms with E-state index in [0.717, 1.165) is 22.9 Å². The topological polar surface area (TPSA) is 55.1 Å². The molecule has 1 aromatic rings. The van der Waals surface area contributed by atoms with E-state index < -0.39 is 0 Å². The van der Waals surface area contributed by atoms with Crippen molar-refractivity contribution >= 4 is 34.2 Å². The molecule has 106 valence electrons. The van der Waals surface area contributed by atoms with E-state index in [-0.39, 0.29) is 23.7 Å². The molecule has 0 spiro atoms. The molecule has 0 radical (unpaired) electrons. The number of carbonyl (C=O) groups is 1. The van der Waals surface area contributed by atoms with Crippen molar-refractivity contribution in [2.45, 2.75) is 25.2 Å². The van der Waals surface area contributed by atoms with E-state index in [1.165, 1.54) is 0 Å². The van der Waals surface area contributed by atoms with Gasteiger partial charge in [-0.2, -0.15) is 0 Å². The van der Waals surface area contributed by atoms with E-state index in [1.54, 1.807) is 0 Å². The first-order valence-corrected chi connectivity index (χ1v) is 7.12. The molecule has 1 amide bonds. The molecule has 1 atom stereocenters. The number of rotatable bonds is 5. The van der Waals surface area contributed by atoms with Crippen molar-refractivity contribution in [1.82, 2.24) is 5.32 Å². The Kier molecular flexibility index (Phi) is 5.83. The largest absolute Gasteiger partial charge is 0.355 e. The lowest BCUT2D eigenvalue weighted by atomic mass is 9.95. The molecule has 0 aliphatic heterocycles. The predicted octanol–water partition coefficient (Wildman–Crippen LogP) is 2.61. The minimum Gasteiger partial charge on any atom is -0.355 e. The van der Waals surface area contributed by atoms with Crippen LogP contribution in [0.3, 0.4) is 0 Å². The van der Waals surface area contributed by atoms with Crippen LogP contribution in [0.5, 0.6) is 0 Å². The van der Waals surface area contributed by atoms with Gasteiger partial charge in [0.1, 0.15) is 0 Å². The SMILES string of the molecule is CC(CN)CNC(=O)C1(c2ccc(Br)cc2)CC1.Cl. The normalized spacial score (nSPS) is 17.2. The fourth-order valence-electron chi connectivity index (χ4n) is 2.06. The van der Waals surface area contributed by atoms with Crippen LogP contribution in [0.1, 0.15) is 25.3 Å². The highest BCUT2D eigenvalue weighted by molar-refractivity contribution is 9.10. The molecule has 19 heavy (non-hydrogen) atoms. The van der Waals surface area contributed by atoms with Crippen LogP contribution < -0.4 is 11.1 Å². The van der Waals surface area contributed by atoms with Gasteiger partial charge in [-0.1, -0.05) is 35.0 Å². The summed E-state index contributed by atoms with van der Waals surface area (Å²) in [4.78, 5) is 12.3. The molecular weight excluding hydrogens is 328 g/mol. The van der Waals surface area contributed by atoms with Crippen molar-refractivity contribution in [2.75, 3.05) is 13.1 Å². The minimum absolute atomic E-state index is 0. The summed E-state index contributed by atoms with van der Waals surface area (Å²) >= 11 is 3.41. The van der Waals surface area contributed by atoms with Gasteiger partial charge in [0.2, 0.25) is 5.91 Å². The molecule has 1 aliphatic carbocycles. The van der Waals surface area contributed by atoms with Gasteiger partial charge in [0.05, 0.1) is 5.41 Å². The van der Waals surface area contributed by atoms with Crippen LogP contribution in [0.4, 0.5) is 0 Å². The lowest BCUT2D eigenvalue weighted by molar-refractivity contribution is -0.123. The highest BCUT2D eigenvalue weighted by atomic mass is 79.9. The van der Waals surface area contributed by atoms with Gasteiger partial charge in [-0.05, 0) is 43.0 Å². The maximum Gasteiger partial charge on any atom is 0.230 e. The van der Waals surface area contributed by atoms with Crippen molar-refractivity contribution in [3.05, 3.63) is 34.3 Å². The summed E-state index contributed by atoms with van der Waals surface area (Å²) < 4.78 is 1.04. The standard InChI is InChI=1S/C14H19BrN2O.ClH/c1-10(8-16)9-17-13(18)14(6-7-14)11-2-4-12(15)5-3-11;/h2-5,10H,6-9,16H2,1H3,(H,17,18);1H. The summed E-state index contributed by atoms with van der Waals surface area (Å²) in [5.74, 6) is 0.472. The number of amides is 1. The second kappa shape index (κ2) is 6.73. The number of nitrogens with one attached hydrogen (secondary N) is 1. The first-order valence-electron chi connectivity index (χ1n) is 6.33. The predicted molar refractivity (Wildman–Crippen MR) is 83.5 cm³/mol. The summed E-state index contributed by atoms with van der Waals surface area (Å²) in [6, 6.07) is 8.04. The van der Waals surface area contributed by atoms with Gasteiger partial charge >= 0.3 is 0 Å². The van der Waals surface area contributed by atoms with Gasteiger partial charge in [0.15, 0.2) is 0 Å². The average Bonchev–Trinajstić information content (AvgIpc) is 3.17. The van der Waals surface area contributed by atoms with Crippen LogP contribution in [0.15, 0.2) is 28.7 Å². The Bertz CT molecular complexity index is 432. The van der Waals surface area contributed by atoms with E-state index >= 15 is 0 Å². The van der Waals surface area contributed by atoms with Crippen LogP contribution in [0, 0.1) is 5.92 Å². The zero-order chi connectivity index (χ0) is 13.2. The van der Waals surface area contributed by atoms with Crippen LogP contribution >= 0.6 is 28.3 Å². The molecule has 5 heteroatoms. The third-order valence-corrected chi connectivity index (χ3v) is 4.12. The van der Waals surface area contributed by atoms with Crippen molar-refractivity contribution in [1.29, 1.82) is 0 Å². The first-order chi connectivity index (χ1) is 8.58. The maximum absolute atomic E-state index is 12.3. The van der Waals surface area contributed by atoms with Crippen molar-refractivity contribution < 1.29 is 4.79 Å². The molecule has 0 aromatic heterocycles. The van der Waals surface area contributed by atoms with Gasteiger partial charge in [-0.15, -0.1) is 12.4 Å². The molecule has 0 heterocycles. The highest BCUT2D eigenvalue weighted by Gasteiger charge is 2.51. The van der Waals surface area contributed by atoms with E-state index in [4.69, 9.17) is 5.73 Å². The Morgan fingerprint density at radius 3 is 2.47 bits per heavy atom. The van der Waals surface area contributed by atoms with Gasteiger partial charge in [-0.25, -0.2) is 0 Å². The quantitative estimate of drug-likeness (QED) is 0.860. The summed E-state index contributed by atoms with van der Waals surface area (Å²) in [5.41, 5.74) is 6.39. The van der Waals surface area contributed by atoms with Crippen LogP contribution in [-0.4, -0.2) is 19.0 Å². The fraction of sp³-hybridized carbons (Fsp3) is 0.500. The van der Waals surface area contributed by atoms with Gasteiger partial charge in [0, 0.05) is 11.0 Å². The number of benzene rings is 1. The second-order valence-corrected chi connectivity index (χ2v) is 6.06. The third-order valence-electron chi connectivity index (χ3n) is 3.59. The van der Waals surface area contributed by atoms with Crippen molar-refractivity contribution in [3.8, 4) is 0 Å². The molecule has 1 aliphatic rings. The Hall–Kier alpha value is -0.580. The molecule has 3 N–H and O–H groups in total. The highest BCUT2D eigenvalue weighted by Crippen LogP contribution is 2.48. The number of nitrogens with two attached hydrogens (primary N) is 1. The summed E-state index contributed by atoms with van der Waals surface area (Å²) in [6.45, 7) is 3.30. The fourth-order valence-corrected chi connectivity index (χ4v) is 2.32. The van der Waals surface area contributed by atoms with Crippen LogP contribution in [0.25, 0.3) is 0 Å². The number of hydrogen-bond acceptors (Lipinski definition) is 2. The average molecular weight is 348 g/mol. The van der Waals surface area contributed by atoms with Crippen molar-refractivity contribution in [2.24, 2.45) is 11.7 Å². The smallest absolute Gasteiger partial charge is 0.230 e. The summed E-state index contributed by atoms with van der Waals surface area (Å²) in [7, 11) is 0. The van der Waals surface area contributed by atoms with E-state index in [0.29, 0.717) is 19.0 Å². The summed E-state index contributed by atoms with van der Waals surface area (Å²) in [6.07, 6.45) is 1.88. The maximum atomic E-state index is 12.3. The first kappa shape index (κ1) is 16.5. The van der Waals surface area contributed by atoms with E-state index in [9.17, 15) is 4.79 Å². The monoisotopic (exact) mass is 346 g/mol. The summed E-state index contributed by atoms with van der Waals surface area (Å²) in [5, 5.41) is 3.02. The number of carbonyl (C=O) groups excluding carboxylic acids is 1. The minimum atomic E-state index is -0.283. The molecule has 3 nitrogen and oxygen atoms in total. The lowest BCUT2D eigenvalue weighted by Gasteiger charge is -2.17. The van der Waals surface area contributed by atoms with E-state index in [1.807, 2.05) is 31.2 Å². The molecule has 1 saturated carbocycles. The zero-order valence-electron chi connectivity index (χ0n) is 11.0. The van der Waals surface area contributed by atoms with Gasteiger partial charge < -0.3 is 11.1 Å². The van der Waals surface area contributed by atoms with Gasteiger partial charge in [-0.3, -0.25) is 4.79 Å². The number of halogens is 2. The van der Waals surface area contributed by atoms with Gasteiger partial charge in [0.25, 0.3) is 0 Å². The Morgan fingerprint density at radius 1 is 1.42 bits per heavy atom. The van der Waals surface area contributed by atoms with E-state index in [2.05, 4.69) is 21.2 Å². The molecule has 0 saturated heterocycles. The Labute approximate surface area is 128 Å². The lowest BCUT2D eigenvalue weighted by Crippen LogP contribution is -2.38. The molecule has 1 unspecified atom stereocenters.